The summed E-state index contributed by atoms with van der Waals surface area (Å²) in [7, 11) is 0. The van der Waals surface area contributed by atoms with Gasteiger partial charge in [-0.05, 0) is 19.1 Å². The Kier molecular flexibility index (Phi) is 2.31. The van der Waals surface area contributed by atoms with Crippen LogP contribution in [0.1, 0.15) is 20.1 Å². The van der Waals surface area contributed by atoms with E-state index in [4.69, 9.17) is 4.74 Å². The fourth-order valence-corrected chi connectivity index (χ4v) is 0.891. The molecule has 0 saturated carbocycles. The number of aromatic nitrogens is 1. The summed E-state index contributed by atoms with van der Waals surface area (Å²) in [5, 5.41) is 0. The topological polar surface area (TPSA) is 31.2 Å². The Morgan fingerprint density at radius 3 is 2.45 bits per heavy atom. The van der Waals surface area contributed by atoms with Gasteiger partial charge < -0.3 is 9.30 Å². The number of ether oxygens (including phenoxy) is 1. The first kappa shape index (κ1) is 7.85. The van der Waals surface area contributed by atoms with Gasteiger partial charge in [-0.1, -0.05) is 0 Å². The van der Waals surface area contributed by atoms with Crippen LogP contribution >= 0.6 is 0 Å². The van der Waals surface area contributed by atoms with E-state index < -0.39 is 0 Å². The Hall–Kier alpha value is -1.25. The molecule has 0 aromatic carbocycles. The van der Waals surface area contributed by atoms with E-state index in [0.717, 1.165) is 0 Å². The van der Waals surface area contributed by atoms with Crippen molar-refractivity contribution in [1.82, 2.24) is 4.57 Å². The van der Waals surface area contributed by atoms with E-state index in [-0.39, 0.29) is 12.2 Å². The lowest BCUT2D eigenvalue weighted by Gasteiger charge is -2.12. The molecule has 0 aliphatic rings. The molecule has 0 spiro atoms. The molecule has 1 unspecified atom stereocenters. The smallest absolute Gasteiger partial charge is 0.304 e. The number of esters is 1. The zero-order valence-corrected chi connectivity index (χ0v) is 6.65. The predicted octanol–water partition coefficient (Wildman–Crippen LogP) is 1.57. The molecule has 0 bridgehead atoms. The van der Waals surface area contributed by atoms with E-state index >= 15 is 0 Å². The second kappa shape index (κ2) is 3.23. The lowest BCUT2D eigenvalue weighted by molar-refractivity contribution is -0.149. The Labute approximate surface area is 65.6 Å². The number of hydrogen-bond donors (Lipinski definition) is 0. The van der Waals surface area contributed by atoms with Gasteiger partial charge in [0.15, 0.2) is 6.23 Å². The van der Waals surface area contributed by atoms with Crippen molar-refractivity contribution >= 4 is 5.97 Å². The second-order valence-corrected chi connectivity index (χ2v) is 2.34. The monoisotopic (exact) mass is 153 g/mol. The molecule has 0 N–H and O–H groups in total. The van der Waals surface area contributed by atoms with Crippen LogP contribution < -0.4 is 0 Å². The Bertz CT molecular complexity index is 228. The zero-order valence-electron chi connectivity index (χ0n) is 6.65. The van der Waals surface area contributed by atoms with Gasteiger partial charge in [0.2, 0.25) is 0 Å². The molecule has 1 aromatic heterocycles. The second-order valence-electron chi connectivity index (χ2n) is 2.34. The first-order valence-electron chi connectivity index (χ1n) is 3.50. The van der Waals surface area contributed by atoms with Crippen molar-refractivity contribution in [2.45, 2.75) is 20.1 Å². The largest absolute Gasteiger partial charge is 0.442 e. The van der Waals surface area contributed by atoms with Crippen LogP contribution in [0.5, 0.6) is 0 Å². The highest BCUT2D eigenvalue weighted by atomic mass is 16.6. The summed E-state index contributed by atoms with van der Waals surface area (Å²) < 4.78 is 6.74. The van der Waals surface area contributed by atoms with E-state index in [2.05, 4.69) is 0 Å². The van der Waals surface area contributed by atoms with Gasteiger partial charge in [0.05, 0.1) is 0 Å². The van der Waals surface area contributed by atoms with Crippen molar-refractivity contribution in [3.05, 3.63) is 24.5 Å². The third kappa shape index (κ3) is 2.11. The zero-order chi connectivity index (χ0) is 8.27. The van der Waals surface area contributed by atoms with Crippen LogP contribution in [0.4, 0.5) is 0 Å². The molecule has 1 rings (SSSR count). The molecule has 11 heavy (non-hydrogen) atoms. The fraction of sp³-hybridized carbons (Fsp3) is 0.375. The molecule has 0 aliphatic carbocycles. The molecule has 1 aromatic rings. The van der Waals surface area contributed by atoms with Crippen LogP contribution in [0.3, 0.4) is 0 Å². The number of hydrogen-bond acceptors (Lipinski definition) is 2. The van der Waals surface area contributed by atoms with E-state index in [9.17, 15) is 4.79 Å². The maximum Gasteiger partial charge on any atom is 0.304 e. The average Bonchev–Trinajstić information content (AvgIpc) is 2.35. The SMILES string of the molecule is CC(=O)OC(C)n1cccc1. The molecule has 3 nitrogen and oxygen atoms in total. The summed E-state index contributed by atoms with van der Waals surface area (Å²) in [6, 6.07) is 3.78. The van der Waals surface area contributed by atoms with Gasteiger partial charge in [0.25, 0.3) is 0 Å². The van der Waals surface area contributed by atoms with Gasteiger partial charge in [0.1, 0.15) is 0 Å². The Morgan fingerprint density at radius 1 is 1.45 bits per heavy atom. The lowest BCUT2D eigenvalue weighted by Crippen LogP contribution is -2.10. The maximum absolute atomic E-state index is 10.5. The summed E-state index contributed by atoms with van der Waals surface area (Å²) in [6.45, 7) is 3.22. The molecular weight excluding hydrogens is 142 g/mol. The predicted molar refractivity (Wildman–Crippen MR) is 40.9 cm³/mol. The summed E-state index contributed by atoms with van der Waals surface area (Å²) in [5.41, 5.74) is 0. The van der Waals surface area contributed by atoms with Crippen molar-refractivity contribution in [3.63, 3.8) is 0 Å². The van der Waals surface area contributed by atoms with Crippen molar-refractivity contribution in [2.75, 3.05) is 0 Å². The van der Waals surface area contributed by atoms with Crippen LogP contribution in [0.15, 0.2) is 24.5 Å². The summed E-state index contributed by atoms with van der Waals surface area (Å²) in [5.74, 6) is -0.258. The molecule has 0 aliphatic heterocycles. The lowest BCUT2D eigenvalue weighted by atomic mass is 10.6. The van der Waals surface area contributed by atoms with E-state index in [1.54, 1.807) is 0 Å². The third-order valence-electron chi connectivity index (χ3n) is 1.38. The molecule has 0 saturated heterocycles. The molecule has 0 fully saturated rings. The average molecular weight is 153 g/mol. The molecule has 3 heteroatoms. The van der Waals surface area contributed by atoms with Gasteiger partial charge in [-0.2, -0.15) is 0 Å². The van der Waals surface area contributed by atoms with Gasteiger partial charge >= 0.3 is 5.97 Å². The highest BCUT2D eigenvalue weighted by Crippen LogP contribution is 2.06. The third-order valence-corrected chi connectivity index (χ3v) is 1.38. The minimum atomic E-state index is -0.258. The normalized spacial score (nSPS) is 12.5. The molecular formula is C8H11NO2. The van der Waals surface area contributed by atoms with Gasteiger partial charge in [-0.3, -0.25) is 4.79 Å². The van der Waals surface area contributed by atoms with E-state index in [1.165, 1.54) is 6.92 Å². The highest BCUT2D eigenvalue weighted by Gasteiger charge is 2.04. The summed E-state index contributed by atoms with van der Waals surface area (Å²) in [4.78, 5) is 10.5. The Morgan fingerprint density at radius 2 is 2.00 bits per heavy atom. The molecule has 0 amide bonds. The molecule has 1 heterocycles. The fourth-order valence-electron chi connectivity index (χ4n) is 0.891. The standard InChI is InChI=1S/C8H11NO2/c1-7(11-8(2)10)9-5-3-4-6-9/h3-7H,1-2H3. The maximum atomic E-state index is 10.5. The minimum Gasteiger partial charge on any atom is -0.442 e. The van der Waals surface area contributed by atoms with Crippen LogP contribution in [-0.4, -0.2) is 10.5 Å². The highest BCUT2D eigenvalue weighted by molar-refractivity contribution is 5.65. The Balaban J connectivity index is 2.56. The number of carbonyl (C=O) groups is 1. The number of carbonyl (C=O) groups excluding carboxylic acids is 1. The minimum absolute atomic E-state index is 0.206. The molecule has 1 atom stereocenters. The number of nitrogens with zero attached hydrogens (tertiary/aromatic N) is 1. The van der Waals surface area contributed by atoms with Crippen LogP contribution in [0.25, 0.3) is 0 Å². The van der Waals surface area contributed by atoms with Gasteiger partial charge in [-0.25, -0.2) is 0 Å². The van der Waals surface area contributed by atoms with E-state index in [0.29, 0.717) is 0 Å². The van der Waals surface area contributed by atoms with Crippen molar-refractivity contribution in [2.24, 2.45) is 0 Å². The first-order chi connectivity index (χ1) is 5.20. The number of rotatable bonds is 2. The van der Waals surface area contributed by atoms with Crippen LogP contribution in [0.2, 0.25) is 0 Å². The summed E-state index contributed by atoms with van der Waals surface area (Å²) in [6.07, 6.45) is 3.50. The first-order valence-corrected chi connectivity index (χ1v) is 3.50. The van der Waals surface area contributed by atoms with Crippen LogP contribution in [0, 0.1) is 0 Å². The summed E-state index contributed by atoms with van der Waals surface area (Å²) >= 11 is 0. The molecule has 60 valence electrons. The van der Waals surface area contributed by atoms with Gasteiger partial charge in [-0.15, -0.1) is 0 Å². The van der Waals surface area contributed by atoms with Crippen molar-refractivity contribution < 1.29 is 9.53 Å². The van der Waals surface area contributed by atoms with Crippen LogP contribution in [-0.2, 0) is 9.53 Å². The van der Waals surface area contributed by atoms with Crippen molar-refractivity contribution in [1.29, 1.82) is 0 Å². The molecule has 0 radical (unpaired) electrons. The quantitative estimate of drug-likeness (QED) is 0.604. The van der Waals surface area contributed by atoms with E-state index in [1.807, 2.05) is 36.0 Å². The van der Waals surface area contributed by atoms with Gasteiger partial charge in [0, 0.05) is 19.3 Å². The van der Waals surface area contributed by atoms with Crippen molar-refractivity contribution in [3.8, 4) is 0 Å².